The predicted octanol–water partition coefficient (Wildman–Crippen LogP) is 3.84. The molecular formula is C25H25F2N5O3S. The largest absolute Gasteiger partial charge is 0.472 e. The first-order valence-electron chi connectivity index (χ1n) is 11.0. The number of hydrogen-bond acceptors (Lipinski definition) is 8. The quantitative estimate of drug-likeness (QED) is 0.497. The molecule has 4 rings (SSSR count). The molecule has 1 atom stereocenters. The van der Waals surface area contributed by atoms with E-state index in [4.69, 9.17) is 10.5 Å². The van der Waals surface area contributed by atoms with Crippen LogP contribution in [-0.2, 0) is 22.0 Å². The Morgan fingerprint density at radius 3 is 2.47 bits per heavy atom. The van der Waals surface area contributed by atoms with Crippen molar-refractivity contribution in [3.63, 3.8) is 0 Å². The van der Waals surface area contributed by atoms with Gasteiger partial charge in [-0.2, -0.15) is 4.39 Å². The first-order valence-corrected chi connectivity index (χ1v) is 12.7. The highest BCUT2D eigenvalue weighted by molar-refractivity contribution is 7.93. The number of rotatable bonds is 6. The number of pyridine rings is 1. The summed E-state index contributed by atoms with van der Waals surface area (Å²) in [5, 5.41) is 0. The molecule has 3 heterocycles. The second-order valence-corrected chi connectivity index (χ2v) is 11.7. The number of hydrogen-bond donors (Lipinski definition) is 1. The molecule has 0 saturated carbocycles. The van der Waals surface area contributed by atoms with Gasteiger partial charge in [-0.3, -0.25) is 4.99 Å². The first kappa shape index (κ1) is 25.4. The van der Waals surface area contributed by atoms with E-state index in [1.165, 1.54) is 39.2 Å². The summed E-state index contributed by atoms with van der Waals surface area (Å²) in [6.07, 6.45) is 4.74. The summed E-state index contributed by atoms with van der Waals surface area (Å²) in [6.45, 7) is 4.64. The number of aliphatic imine (C=N–C) groups is 1. The molecule has 1 aliphatic rings. The van der Waals surface area contributed by atoms with Crippen molar-refractivity contribution in [1.82, 2.24) is 15.0 Å². The van der Waals surface area contributed by atoms with Crippen molar-refractivity contribution in [2.24, 2.45) is 10.7 Å². The van der Waals surface area contributed by atoms with Crippen LogP contribution in [-0.4, -0.2) is 39.7 Å². The molecule has 0 spiro atoms. The highest BCUT2D eigenvalue weighted by Gasteiger charge is 2.49. The van der Waals surface area contributed by atoms with Crippen LogP contribution >= 0.6 is 0 Å². The molecule has 0 unspecified atom stereocenters. The molecule has 1 aliphatic heterocycles. The summed E-state index contributed by atoms with van der Waals surface area (Å²) in [7, 11) is -3.76. The Labute approximate surface area is 207 Å². The molecule has 3 aromatic rings. The van der Waals surface area contributed by atoms with Crippen molar-refractivity contribution in [2.75, 3.05) is 5.75 Å². The zero-order chi connectivity index (χ0) is 26.1. The van der Waals surface area contributed by atoms with E-state index in [9.17, 15) is 17.2 Å². The van der Waals surface area contributed by atoms with Crippen LogP contribution in [0.3, 0.4) is 0 Å². The van der Waals surface area contributed by atoms with Gasteiger partial charge in [-0.25, -0.2) is 27.8 Å². The van der Waals surface area contributed by atoms with E-state index in [0.717, 1.165) is 17.8 Å². The van der Waals surface area contributed by atoms with E-state index in [1.807, 2.05) is 30.3 Å². The second kappa shape index (κ2) is 9.38. The van der Waals surface area contributed by atoms with E-state index in [2.05, 4.69) is 19.9 Å². The summed E-state index contributed by atoms with van der Waals surface area (Å²) < 4.78 is 59.4. The standard InChI is InChI=1S/C25H25F2N5O3S/c1-24(2)23(28)32-25(3,15-36(24,33)34)18-9-17(11-31-22(18)27)10-19(26)20-12-30-21(13-29-20)35-14-16-7-5-4-6-8-16/h4-13H,14-15H2,1-3H3,(H2,28,32)/b19-10-/t25-/m0/s1. The molecular weight excluding hydrogens is 488 g/mol. The minimum Gasteiger partial charge on any atom is -0.472 e. The number of sulfone groups is 1. The van der Waals surface area contributed by atoms with Crippen LogP contribution in [0.5, 0.6) is 5.88 Å². The topological polar surface area (TPSA) is 120 Å². The zero-order valence-corrected chi connectivity index (χ0v) is 20.8. The van der Waals surface area contributed by atoms with Gasteiger partial charge in [0.2, 0.25) is 11.8 Å². The Kier molecular flexibility index (Phi) is 6.61. The maximum absolute atomic E-state index is 14.9. The van der Waals surface area contributed by atoms with Gasteiger partial charge in [0.15, 0.2) is 15.7 Å². The molecule has 0 fully saturated rings. The Bertz CT molecular complexity index is 1440. The normalized spacial score (nSPS) is 21.0. The van der Waals surface area contributed by atoms with Crippen molar-refractivity contribution < 1.29 is 21.9 Å². The molecule has 0 aliphatic carbocycles. The zero-order valence-electron chi connectivity index (χ0n) is 19.9. The van der Waals surface area contributed by atoms with Gasteiger partial charge >= 0.3 is 0 Å². The summed E-state index contributed by atoms with van der Waals surface area (Å²) in [5.74, 6) is -2.04. The summed E-state index contributed by atoms with van der Waals surface area (Å²) in [5.41, 5.74) is 5.38. The van der Waals surface area contributed by atoms with E-state index < -0.39 is 37.7 Å². The van der Waals surface area contributed by atoms with Crippen molar-refractivity contribution in [1.29, 1.82) is 0 Å². The lowest BCUT2D eigenvalue weighted by Crippen LogP contribution is -2.55. The van der Waals surface area contributed by atoms with Crippen LogP contribution in [0.2, 0.25) is 0 Å². The summed E-state index contributed by atoms with van der Waals surface area (Å²) >= 11 is 0. The van der Waals surface area contributed by atoms with Crippen molar-refractivity contribution in [3.05, 3.63) is 83.3 Å². The van der Waals surface area contributed by atoms with Crippen molar-refractivity contribution >= 4 is 27.6 Å². The Balaban J connectivity index is 1.57. The molecule has 8 nitrogen and oxygen atoms in total. The molecule has 188 valence electrons. The number of ether oxygens (including phenoxy) is 1. The fourth-order valence-corrected chi connectivity index (χ4v) is 5.35. The maximum Gasteiger partial charge on any atom is 0.232 e. The number of nitrogens with zero attached hydrogens (tertiary/aromatic N) is 4. The van der Waals surface area contributed by atoms with Gasteiger partial charge in [-0.05, 0) is 44.0 Å². The van der Waals surface area contributed by atoms with E-state index in [-0.39, 0.29) is 35.1 Å². The molecule has 1 aromatic carbocycles. The second-order valence-electron chi connectivity index (χ2n) is 9.15. The number of halogens is 2. The highest BCUT2D eigenvalue weighted by Crippen LogP contribution is 2.38. The van der Waals surface area contributed by atoms with Crippen LogP contribution in [0.15, 0.2) is 60.0 Å². The Morgan fingerprint density at radius 2 is 1.83 bits per heavy atom. The van der Waals surface area contributed by atoms with E-state index in [1.54, 1.807) is 0 Å². The SMILES string of the molecule is CC1(C)C(N)=N[C@](C)(c2cc(/C=C(\F)c3cnc(OCc4ccccc4)cn3)cnc2F)CS1(=O)=O. The highest BCUT2D eigenvalue weighted by atomic mass is 32.2. The number of amidine groups is 1. The average Bonchev–Trinajstić information content (AvgIpc) is 2.83. The predicted molar refractivity (Wildman–Crippen MR) is 133 cm³/mol. The lowest BCUT2D eigenvalue weighted by molar-refractivity contribution is 0.292. The van der Waals surface area contributed by atoms with Crippen LogP contribution in [0, 0.1) is 5.95 Å². The van der Waals surface area contributed by atoms with Gasteiger partial charge in [0, 0.05) is 11.8 Å². The minimum absolute atomic E-state index is 0.0663. The average molecular weight is 514 g/mol. The minimum atomic E-state index is -3.76. The monoisotopic (exact) mass is 513 g/mol. The number of benzene rings is 1. The number of aromatic nitrogens is 3. The van der Waals surface area contributed by atoms with Crippen molar-refractivity contribution in [2.45, 2.75) is 37.7 Å². The molecule has 0 saturated heterocycles. The molecule has 0 radical (unpaired) electrons. The molecule has 36 heavy (non-hydrogen) atoms. The molecule has 2 aromatic heterocycles. The van der Waals surface area contributed by atoms with Gasteiger partial charge in [0.05, 0.1) is 18.1 Å². The lowest BCUT2D eigenvalue weighted by atomic mass is 9.93. The number of nitrogens with two attached hydrogens (primary N) is 1. The van der Waals surface area contributed by atoms with Gasteiger partial charge in [-0.1, -0.05) is 30.3 Å². The lowest BCUT2D eigenvalue weighted by Gasteiger charge is -2.37. The van der Waals surface area contributed by atoms with Crippen LogP contribution in [0.1, 0.15) is 43.2 Å². The summed E-state index contributed by atoms with van der Waals surface area (Å²) in [4.78, 5) is 16.1. The fraction of sp³-hybridized carbons (Fsp3) is 0.280. The maximum atomic E-state index is 14.9. The smallest absolute Gasteiger partial charge is 0.232 e. The molecule has 0 amide bonds. The fourth-order valence-electron chi connectivity index (χ4n) is 3.67. The van der Waals surface area contributed by atoms with Crippen molar-refractivity contribution in [3.8, 4) is 5.88 Å². The third-order valence-corrected chi connectivity index (χ3v) is 8.78. The molecule has 11 heteroatoms. The Morgan fingerprint density at radius 1 is 1.11 bits per heavy atom. The van der Waals surface area contributed by atoms with Crippen LogP contribution in [0.4, 0.5) is 8.78 Å². The third kappa shape index (κ3) is 4.97. The van der Waals surface area contributed by atoms with Gasteiger partial charge in [-0.15, -0.1) is 0 Å². The van der Waals surface area contributed by atoms with Crippen LogP contribution in [0.25, 0.3) is 11.9 Å². The Hall–Kier alpha value is -3.73. The van der Waals surface area contributed by atoms with Crippen LogP contribution < -0.4 is 10.5 Å². The molecule has 0 bridgehead atoms. The molecule has 2 N–H and O–H groups in total. The summed E-state index contributed by atoms with van der Waals surface area (Å²) in [6, 6.07) is 10.8. The van der Waals surface area contributed by atoms with Gasteiger partial charge < -0.3 is 10.5 Å². The van der Waals surface area contributed by atoms with E-state index >= 15 is 0 Å². The third-order valence-electron chi connectivity index (χ3n) is 6.07. The first-order chi connectivity index (χ1) is 16.9. The van der Waals surface area contributed by atoms with Gasteiger partial charge in [0.25, 0.3) is 0 Å². The van der Waals surface area contributed by atoms with Gasteiger partial charge in [0.1, 0.15) is 28.4 Å². The van der Waals surface area contributed by atoms with E-state index in [0.29, 0.717) is 0 Å².